The number of aryl methyl sites for hydroxylation is 1. The van der Waals surface area contributed by atoms with Gasteiger partial charge in [-0.3, -0.25) is 9.59 Å². The third-order valence-corrected chi connectivity index (χ3v) is 3.07. The zero-order valence-corrected chi connectivity index (χ0v) is 12.4. The van der Waals surface area contributed by atoms with E-state index >= 15 is 0 Å². The number of nitrogens with one attached hydrogen (secondary N) is 2. The van der Waals surface area contributed by atoms with Crippen LogP contribution >= 0.6 is 12.6 Å². The van der Waals surface area contributed by atoms with Crippen LogP contribution in [0.25, 0.3) is 11.3 Å². The largest absolute Gasteiger partial charge is 0.316 e. The molecular weight excluding hydrogens is 286 g/mol. The number of aromatic amines is 1. The summed E-state index contributed by atoms with van der Waals surface area (Å²) in [6, 6.07) is 7.09. The average molecular weight is 301 g/mol. The lowest BCUT2D eigenvalue weighted by Gasteiger charge is -2.12. The Labute approximate surface area is 127 Å². The predicted molar refractivity (Wildman–Crippen MR) is 86.9 cm³/mol. The van der Waals surface area contributed by atoms with Crippen LogP contribution in [0.15, 0.2) is 41.7 Å². The summed E-state index contributed by atoms with van der Waals surface area (Å²) >= 11 is 3.75. The number of anilines is 1. The maximum Gasteiger partial charge on any atom is 0.280 e. The first kappa shape index (κ1) is 15.1. The van der Waals surface area contributed by atoms with Crippen molar-refractivity contribution in [3.8, 4) is 11.3 Å². The lowest BCUT2D eigenvalue weighted by molar-refractivity contribution is 0.270. The number of aromatic nitrogens is 2. The third-order valence-electron chi connectivity index (χ3n) is 2.96. The zero-order valence-electron chi connectivity index (χ0n) is 11.5. The van der Waals surface area contributed by atoms with Gasteiger partial charge < -0.3 is 5.32 Å². The van der Waals surface area contributed by atoms with Gasteiger partial charge in [0.1, 0.15) is 0 Å². The van der Waals surface area contributed by atoms with E-state index in [4.69, 9.17) is 0 Å². The predicted octanol–water partition coefficient (Wildman–Crippen LogP) is 2.94. The Bertz CT molecular complexity index is 753. The summed E-state index contributed by atoms with van der Waals surface area (Å²) in [6.45, 7) is 5.49. The molecule has 1 heterocycles. The van der Waals surface area contributed by atoms with Gasteiger partial charge in [0.25, 0.3) is 10.8 Å². The highest BCUT2D eigenvalue weighted by Gasteiger charge is 2.12. The molecule has 1 aromatic carbocycles. The normalized spacial score (nSPS) is 10.2. The molecule has 0 aliphatic rings. The van der Waals surface area contributed by atoms with Crippen LogP contribution in [0.3, 0.4) is 0 Å². The topological polar surface area (TPSA) is 74.8 Å². The number of amides is 1. The molecule has 2 N–H and O–H groups in total. The summed E-state index contributed by atoms with van der Waals surface area (Å²) in [4.78, 5) is 22.5. The maximum absolute atomic E-state index is 11.3. The second kappa shape index (κ2) is 6.41. The van der Waals surface area contributed by atoms with Crippen LogP contribution in [0.4, 0.5) is 10.5 Å². The Morgan fingerprint density at radius 1 is 1.48 bits per heavy atom. The van der Waals surface area contributed by atoms with Crippen LogP contribution in [0, 0.1) is 6.92 Å². The molecule has 1 aromatic heterocycles. The number of hydrogen-bond donors (Lipinski definition) is 3. The van der Waals surface area contributed by atoms with Gasteiger partial charge in [0.2, 0.25) is 0 Å². The van der Waals surface area contributed by atoms with Crippen LogP contribution in [0.5, 0.6) is 0 Å². The minimum absolute atomic E-state index is 0.265. The average Bonchev–Trinajstić information content (AvgIpc) is 2.40. The zero-order chi connectivity index (χ0) is 15.4. The standard InChI is InChI=1S/C15H15N3O2S/c1-3-4-10-5-6-11(12(8-10)16-15(20)21)14-9(2)7-13(19)17-18-14/h3,5-8H,1,4H2,2H3,(H,17,19)(H2,16,20,21). The summed E-state index contributed by atoms with van der Waals surface area (Å²) in [5, 5.41) is 8.67. The highest BCUT2D eigenvalue weighted by atomic mass is 32.1. The quantitative estimate of drug-likeness (QED) is 0.600. The van der Waals surface area contributed by atoms with E-state index in [0.717, 1.165) is 16.7 Å². The molecule has 0 aliphatic carbocycles. The second-order valence-electron chi connectivity index (χ2n) is 4.57. The minimum Gasteiger partial charge on any atom is -0.316 e. The molecule has 1 amide bonds. The minimum atomic E-state index is -0.464. The molecule has 21 heavy (non-hydrogen) atoms. The fourth-order valence-electron chi connectivity index (χ4n) is 2.08. The van der Waals surface area contributed by atoms with Crippen molar-refractivity contribution >= 4 is 23.6 Å². The number of thiol groups is 1. The number of carbonyl (C=O) groups is 1. The number of allylic oxidation sites excluding steroid dienone is 1. The van der Waals surface area contributed by atoms with Crippen LogP contribution in [-0.4, -0.2) is 15.4 Å². The molecule has 5 nitrogen and oxygen atoms in total. The van der Waals surface area contributed by atoms with E-state index in [-0.39, 0.29) is 5.56 Å². The molecule has 0 unspecified atom stereocenters. The Balaban J connectivity index is 2.57. The van der Waals surface area contributed by atoms with E-state index in [1.807, 2.05) is 18.2 Å². The molecule has 2 rings (SSSR count). The van der Waals surface area contributed by atoms with Gasteiger partial charge in [0.15, 0.2) is 0 Å². The number of nitrogens with zero attached hydrogens (tertiary/aromatic N) is 1. The number of hydrogen-bond acceptors (Lipinski definition) is 3. The summed E-state index contributed by atoms with van der Waals surface area (Å²) in [6.07, 6.45) is 2.47. The maximum atomic E-state index is 11.3. The summed E-state index contributed by atoms with van der Waals surface area (Å²) in [5.74, 6) is 0. The van der Waals surface area contributed by atoms with Crippen molar-refractivity contribution in [3.63, 3.8) is 0 Å². The molecule has 0 saturated heterocycles. The van der Waals surface area contributed by atoms with Crippen molar-refractivity contribution in [1.29, 1.82) is 0 Å². The van der Waals surface area contributed by atoms with Crippen LogP contribution in [0.1, 0.15) is 11.1 Å². The van der Waals surface area contributed by atoms with Gasteiger partial charge in [-0.15, -0.1) is 6.58 Å². The molecule has 0 radical (unpaired) electrons. The monoisotopic (exact) mass is 301 g/mol. The van der Waals surface area contributed by atoms with Gasteiger partial charge in [0.05, 0.1) is 11.4 Å². The second-order valence-corrected chi connectivity index (χ2v) is 4.97. The van der Waals surface area contributed by atoms with Crippen LogP contribution in [0.2, 0.25) is 0 Å². The van der Waals surface area contributed by atoms with E-state index < -0.39 is 5.24 Å². The number of benzene rings is 1. The Morgan fingerprint density at radius 3 is 2.86 bits per heavy atom. The first-order valence-electron chi connectivity index (χ1n) is 6.31. The van der Waals surface area contributed by atoms with Crippen molar-refractivity contribution in [2.24, 2.45) is 0 Å². The van der Waals surface area contributed by atoms with Gasteiger partial charge in [-0.25, -0.2) is 5.10 Å². The lowest BCUT2D eigenvalue weighted by atomic mass is 10.0. The van der Waals surface area contributed by atoms with Gasteiger partial charge >= 0.3 is 0 Å². The van der Waals surface area contributed by atoms with Gasteiger partial charge in [-0.1, -0.05) is 30.8 Å². The van der Waals surface area contributed by atoms with Crippen LogP contribution in [-0.2, 0) is 6.42 Å². The number of H-pyrrole nitrogens is 1. The van der Waals surface area contributed by atoms with Crippen molar-refractivity contribution in [2.45, 2.75) is 13.3 Å². The highest BCUT2D eigenvalue weighted by Crippen LogP contribution is 2.29. The third kappa shape index (κ3) is 3.61. The van der Waals surface area contributed by atoms with E-state index in [2.05, 4.69) is 34.7 Å². The Kier molecular flexibility index (Phi) is 4.59. The van der Waals surface area contributed by atoms with Gasteiger partial charge in [-0.2, -0.15) is 5.10 Å². The van der Waals surface area contributed by atoms with Crippen molar-refractivity contribution in [2.75, 3.05) is 5.32 Å². The Morgan fingerprint density at radius 2 is 2.24 bits per heavy atom. The summed E-state index contributed by atoms with van der Waals surface area (Å²) in [7, 11) is 0. The molecule has 0 spiro atoms. The van der Waals surface area contributed by atoms with Crippen molar-refractivity contribution < 1.29 is 4.79 Å². The summed E-state index contributed by atoms with van der Waals surface area (Å²) < 4.78 is 0. The van der Waals surface area contributed by atoms with Gasteiger partial charge in [0, 0.05) is 11.6 Å². The van der Waals surface area contributed by atoms with E-state index in [1.165, 1.54) is 6.07 Å². The first-order valence-corrected chi connectivity index (χ1v) is 6.76. The molecule has 0 bridgehead atoms. The fraction of sp³-hybridized carbons (Fsp3) is 0.133. The van der Waals surface area contributed by atoms with Crippen molar-refractivity contribution in [1.82, 2.24) is 10.2 Å². The molecule has 2 aromatic rings. The van der Waals surface area contributed by atoms with E-state index in [0.29, 0.717) is 17.8 Å². The molecule has 0 atom stereocenters. The van der Waals surface area contributed by atoms with Crippen molar-refractivity contribution in [3.05, 3.63) is 58.4 Å². The molecule has 6 heteroatoms. The smallest absolute Gasteiger partial charge is 0.280 e. The highest BCUT2D eigenvalue weighted by molar-refractivity contribution is 7.96. The van der Waals surface area contributed by atoms with Crippen LogP contribution < -0.4 is 10.9 Å². The first-order chi connectivity index (χ1) is 10.0. The molecule has 0 saturated carbocycles. The molecular formula is C15H15N3O2S. The van der Waals surface area contributed by atoms with E-state index in [1.54, 1.807) is 13.0 Å². The number of carbonyl (C=O) groups excluding carboxylic acids is 1. The molecule has 0 aliphatic heterocycles. The lowest BCUT2D eigenvalue weighted by Crippen LogP contribution is -2.10. The fourth-order valence-corrected chi connectivity index (χ4v) is 2.20. The molecule has 0 fully saturated rings. The molecule has 108 valence electrons. The van der Waals surface area contributed by atoms with Gasteiger partial charge in [-0.05, 0) is 30.5 Å². The SMILES string of the molecule is C=CCc1ccc(-c2n[nH]c(=O)cc2C)c(NC(=O)S)c1. The Hall–Kier alpha value is -2.34. The number of rotatable bonds is 4. The van der Waals surface area contributed by atoms with E-state index in [9.17, 15) is 9.59 Å². The summed E-state index contributed by atoms with van der Waals surface area (Å²) in [5.41, 5.74) is 3.39.